The Morgan fingerprint density at radius 3 is 2.53 bits per heavy atom. The lowest BCUT2D eigenvalue weighted by Crippen LogP contribution is -2.55. The van der Waals surface area contributed by atoms with Gasteiger partial charge in [0.25, 0.3) is 0 Å². The minimum atomic E-state index is -0.236. The predicted molar refractivity (Wildman–Crippen MR) is 130 cm³/mol. The van der Waals surface area contributed by atoms with E-state index in [4.69, 9.17) is 4.74 Å². The molecule has 3 nitrogen and oxygen atoms in total. The van der Waals surface area contributed by atoms with Gasteiger partial charge in [0.15, 0.2) is 0 Å². The average Bonchev–Trinajstić information content (AvgIpc) is 3.05. The summed E-state index contributed by atoms with van der Waals surface area (Å²) in [6.45, 7) is 13.8. The molecule has 0 aromatic rings. The summed E-state index contributed by atoms with van der Waals surface area (Å²) in [5.41, 5.74) is 1.90. The van der Waals surface area contributed by atoms with Crippen molar-refractivity contribution >= 4 is 5.97 Å². The highest BCUT2D eigenvalue weighted by molar-refractivity contribution is 5.66. The zero-order chi connectivity index (χ0) is 23.3. The first-order valence-corrected chi connectivity index (χ1v) is 13.6. The van der Waals surface area contributed by atoms with Gasteiger partial charge in [-0.25, -0.2) is 0 Å². The number of aliphatic hydroxyl groups is 1. The van der Waals surface area contributed by atoms with Crippen LogP contribution in [0.1, 0.15) is 106 Å². The summed E-state index contributed by atoms with van der Waals surface area (Å²) in [5.74, 6) is 3.88. The molecule has 4 aliphatic rings. The minimum Gasteiger partial charge on any atom is -0.458 e. The van der Waals surface area contributed by atoms with Gasteiger partial charge >= 0.3 is 5.97 Å². The van der Waals surface area contributed by atoms with Crippen molar-refractivity contribution in [3.8, 4) is 0 Å². The first kappa shape index (κ1) is 24.3. The topological polar surface area (TPSA) is 46.5 Å². The molecule has 4 rings (SSSR count). The minimum absolute atomic E-state index is 0.106. The second kappa shape index (κ2) is 9.08. The number of fused-ring (bicyclic) bond motifs is 5. The fourth-order valence-electron chi connectivity index (χ4n) is 8.93. The van der Waals surface area contributed by atoms with Gasteiger partial charge < -0.3 is 9.84 Å². The molecule has 3 saturated carbocycles. The molecule has 0 bridgehead atoms. The van der Waals surface area contributed by atoms with E-state index in [-0.39, 0.29) is 23.6 Å². The zero-order valence-electron chi connectivity index (χ0n) is 21.5. The Hall–Kier alpha value is -0.830. The van der Waals surface area contributed by atoms with Gasteiger partial charge in [-0.1, -0.05) is 59.5 Å². The number of carbonyl (C=O) groups excluding carboxylic acids is 1. The molecule has 0 aromatic heterocycles. The van der Waals surface area contributed by atoms with Crippen molar-refractivity contribution in [3.05, 3.63) is 11.6 Å². The fourth-order valence-corrected chi connectivity index (χ4v) is 8.93. The Balaban J connectivity index is 1.60. The van der Waals surface area contributed by atoms with Gasteiger partial charge in [-0.05, 0) is 91.4 Å². The number of aliphatic hydroxyl groups excluding tert-OH is 1. The molecule has 3 heteroatoms. The van der Waals surface area contributed by atoms with Crippen LogP contribution >= 0.6 is 0 Å². The smallest absolute Gasteiger partial charge is 0.303 e. The Morgan fingerprint density at radius 2 is 1.84 bits per heavy atom. The molecule has 4 aliphatic carbocycles. The Kier molecular flexibility index (Phi) is 6.90. The van der Waals surface area contributed by atoms with Gasteiger partial charge in [-0.15, -0.1) is 0 Å². The molecule has 0 aliphatic heterocycles. The number of hydrogen-bond donors (Lipinski definition) is 1. The lowest BCUT2D eigenvalue weighted by molar-refractivity contribution is -0.158. The summed E-state index contributed by atoms with van der Waals surface area (Å²) >= 11 is 0. The van der Waals surface area contributed by atoms with Crippen molar-refractivity contribution in [1.82, 2.24) is 0 Å². The summed E-state index contributed by atoms with van der Waals surface area (Å²) < 4.78 is 6.03. The molecule has 0 heterocycles. The summed E-state index contributed by atoms with van der Waals surface area (Å²) in [7, 11) is 0. The maximum absolute atomic E-state index is 12.1. The monoisotopic (exact) mass is 444 g/mol. The number of carbonyl (C=O) groups is 1. The third-order valence-corrected chi connectivity index (χ3v) is 10.6. The molecular formula is C29H48O3. The lowest BCUT2D eigenvalue weighted by Gasteiger charge is -2.59. The van der Waals surface area contributed by atoms with Crippen molar-refractivity contribution in [2.45, 2.75) is 118 Å². The van der Waals surface area contributed by atoms with Crippen molar-refractivity contribution < 1.29 is 14.6 Å². The van der Waals surface area contributed by atoms with Gasteiger partial charge in [-0.3, -0.25) is 4.79 Å². The van der Waals surface area contributed by atoms with Gasteiger partial charge in [-0.2, -0.15) is 0 Å². The number of hydrogen-bond acceptors (Lipinski definition) is 3. The molecule has 0 radical (unpaired) electrons. The standard InChI is InChI=1S/C29H48O3/c1-18(2)8-7-9-19(3)23-10-11-24-27-25(13-15-29(23,24)6)28(5)14-12-22(31)16-21(28)17-26(27)32-20(4)30/h17-19,22-27,31H,7-16H2,1-6H3. The second-order valence-electron chi connectivity index (χ2n) is 12.9. The van der Waals surface area contributed by atoms with Crippen molar-refractivity contribution in [2.75, 3.05) is 0 Å². The normalized spacial score (nSPS) is 44.3. The van der Waals surface area contributed by atoms with Gasteiger partial charge in [0.2, 0.25) is 0 Å². The summed E-state index contributed by atoms with van der Waals surface area (Å²) in [5, 5.41) is 10.4. The molecule has 0 spiro atoms. The van der Waals surface area contributed by atoms with E-state index < -0.39 is 0 Å². The van der Waals surface area contributed by atoms with Crippen LogP contribution < -0.4 is 0 Å². The van der Waals surface area contributed by atoms with Gasteiger partial charge in [0.1, 0.15) is 6.10 Å². The summed E-state index contributed by atoms with van der Waals surface area (Å²) in [4.78, 5) is 12.1. The van der Waals surface area contributed by atoms with E-state index in [2.05, 4.69) is 40.7 Å². The molecule has 9 atom stereocenters. The first-order chi connectivity index (χ1) is 15.1. The van der Waals surface area contributed by atoms with E-state index in [1.54, 1.807) is 6.92 Å². The predicted octanol–water partition coefficient (Wildman–Crippen LogP) is 6.93. The molecule has 0 aromatic carbocycles. The van der Waals surface area contributed by atoms with Crippen LogP contribution in [0.3, 0.4) is 0 Å². The molecule has 0 saturated heterocycles. The van der Waals surface area contributed by atoms with E-state index in [1.165, 1.54) is 50.5 Å². The van der Waals surface area contributed by atoms with Gasteiger partial charge in [0.05, 0.1) is 6.10 Å². The van der Waals surface area contributed by atoms with Crippen LogP contribution in [0.4, 0.5) is 0 Å². The van der Waals surface area contributed by atoms with E-state index in [1.807, 2.05) is 0 Å². The van der Waals surface area contributed by atoms with Crippen LogP contribution in [-0.4, -0.2) is 23.3 Å². The second-order valence-corrected chi connectivity index (χ2v) is 12.9. The van der Waals surface area contributed by atoms with Gasteiger partial charge in [0, 0.05) is 12.8 Å². The summed E-state index contributed by atoms with van der Waals surface area (Å²) in [6.07, 6.45) is 13.9. The SMILES string of the molecule is CC(=O)OC1C=C2CC(O)CCC2(C)C2CCC3(C)C(C(C)CCCC(C)C)CCC3C12. The maximum atomic E-state index is 12.1. The van der Waals surface area contributed by atoms with E-state index >= 15 is 0 Å². The van der Waals surface area contributed by atoms with Crippen LogP contribution in [0.15, 0.2) is 11.6 Å². The Bertz CT molecular complexity index is 726. The van der Waals surface area contributed by atoms with Crippen LogP contribution in [0, 0.1) is 46.3 Å². The third-order valence-electron chi connectivity index (χ3n) is 10.6. The van der Waals surface area contributed by atoms with Crippen molar-refractivity contribution in [3.63, 3.8) is 0 Å². The molecule has 9 unspecified atom stereocenters. The molecule has 3 fully saturated rings. The number of ether oxygens (including phenoxy) is 1. The van der Waals surface area contributed by atoms with E-state index in [9.17, 15) is 9.90 Å². The maximum Gasteiger partial charge on any atom is 0.303 e. The first-order valence-electron chi connectivity index (χ1n) is 13.6. The van der Waals surface area contributed by atoms with Crippen LogP contribution in [0.2, 0.25) is 0 Å². The number of esters is 1. The van der Waals surface area contributed by atoms with E-state index in [0.29, 0.717) is 23.2 Å². The van der Waals surface area contributed by atoms with Crippen molar-refractivity contribution in [1.29, 1.82) is 0 Å². The highest BCUT2D eigenvalue weighted by Crippen LogP contribution is 2.67. The largest absolute Gasteiger partial charge is 0.458 e. The van der Waals surface area contributed by atoms with Crippen LogP contribution in [-0.2, 0) is 9.53 Å². The molecule has 0 amide bonds. The Morgan fingerprint density at radius 1 is 1.09 bits per heavy atom. The molecular weight excluding hydrogens is 396 g/mol. The quantitative estimate of drug-likeness (QED) is 0.357. The molecule has 182 valence electrons. The third kappa shape index (κ3) is 4.21. The molecule has 1 N–H and O–H groups in total. The summed E-state index contributed by atoms with van der Waals surface area (Å²) in [6, 6.07) is 0. The molecule has 32 heavy (non-hydrogen) atoms. The zero-order valence-corrected chi connectivity index (χ0v) is 21.5. The van der Waals surface area contributed by atoms with Crippen molar-refractivity contribution in [2.24, 2.45) is 46.3 Å². The highest BCUT2D eigenvalue weighted by atomic mass is 16.5. The average molecular weight is 445 g/mol. The van der Waals surface area contributed by atoms with Crippen LogP contribution in [0.25, 0.3) is 0 Å². The fraction of sp³-hybridized carbons (Fsp3) is 0.897. The van der Waals surface area contributed by atoms with E-state index in [0.717, 1.165) is 37.0 Å². The Labute approximate surface area is 196 Å². The lowest BCUT2D eigenvalue weighted by atomic mass is 9.46. The number of rotatable bonds is 6. The highest BCUT2D eigenvalue weighted by Gasteiger charge is 2.61. The van der Waals surface area contributed by atoms with Crippen LogP contribution in [0.5, 0.6) is 0 Å².